The number of rotatable bonds is 3. The first-order valence-electron chi connectivity index (χ1n) is 6.35. The van der Waals surface area contributed by atoms with Crippen molar-refractivity contribution in [1.29, 1.82) is 0 Å². The van der Waals surface area contributed by atoms with Gasteiger partial charge in [0, 0.05) is 6.20 Å². The van der Waals surface area contributed by atoms with Crippen molar-refractivity contribution >= 4 is 21.6 Å². The lowest BCUT2D eigenvalue weighted by atomic mass is 9.96. The monoisotopic (exact) mass is 268 g/mol. The van der Waals surface area contributed by atoms with Gasteiger partial charge in [0.2, 0.25) is 0 Å². The summed E-state index contributed by atoms with van der Waals surface area (Å²) in [6.45, 7) is 2.15. The Labute approximate surface area is 117 Å². The lowest BCUT2D eigenvalue weighted by Crippen LogP contribution is -2.18. The molecule has 0 saturated carbocycles. The molecule has 0 saturated heterocycles. The van der Waals surface area contributed by atoms with Crippen LogP contribution in [0, 0.1) is 6.92 Å². The van der Waals surface area contributed by atoms with E-state index in [9.17, 15) is 0 Å². The molecule has 1 atom stereocenters. The smallest absolute Gasteiger partial charge is 0.0809 e. The van der Waals surface area contributed by atoms with Crippen LogP contribution in [0.15, 0.2) is 48.0 Å². The van der Waals surface area contributed by atoms with Crippen LogP contribution in [0.5, 0.6) is 0 Å². The molecule has 0 bridgehead atoms. The molecule has 2 aromatic heterocycles. The standard InChI is InChI=1S/C16H16N2S/c1-11-5-3-4-6-13(11)16(17-2)12-9-15-14(18-10-12)7-8-19-15/h3-10,16-17H,1-2H3. The van der Waals surface area contributed by atoms with Gasteiger partial charge >= 0.3 is 0 Å². The van der Waals surface area contributed by atoms with Gasteiger partial charge in [0.05, 0.1) is 16.3 Å². The Morgan fingerprint density at radius 1 is 1.21 bits per heavy atom. The molecule has 96 valence electrons. The number of hydrogen-bond acceptors (Lipinski definition) is 3. The Morgan fingerprint density at radius 2 is 2.05 bits per heavy atom. The summed E-state index contributed by atoms with van der Waals surface area (Å²) in [5.74, 6) is 0. The van der Waals surface area contributed by atoms with Crippen molar-refractivity contribution in [2.45, 2.75) is 13.0 Å². The molecule has 19 heavy (non-hydrogen) atoms. The van der Waals surface area contributed by atoms with E-state index in [0.29, 0.717) is 0 Å². The fourth-order valence-electron chi connectivity index (χ4n) is 2.43. The van der Waals surface area contributed by atoms with Crippen molar-refractivity contribution in [3.63, 3.8) is 0 Å². The normalized spacial score (nSPS) is 12.7. The second-order valence-electron chi connectivity index (χ2n) is 4.65. The quantitative estimate of drug-likeness (QED) is 0.779. The van der Waals surface area contributed by atoms with Crippen LogP contribution in [0.2, 0.25) is 0 Å². The highest BCUT2D eigenvalue weighted by atomic mass is 32.1. The summed E-state index contributed by atoms with van der Waals surface area (Å²) in [5.41, 5.74) is 4.90. The molecule has 0 aliphatic carbocycles. The first-order chi connectivity index (χ1) is 9.29. The molecule has 0 aliphatic heterocycles. The number of nitrogens with zero attached hydrogens (tertiary/aromatic N) is 1. The van der Waals surface area contributed by atoms with E-state index >= 15 is 0 Å². The number of hydrogen-bond donors (Lipinski definition) is 1. The van der Waals surface area contributed by atoms with Gasteiger partial charge in [-0.25, -0.2) is 0 Å². The molecule has 3 heteroatoms. The Hall–Kier alpha value is -1.71. The number of pyridine rings is 1. The summed E-state index contributed by atoms with van der Waals surface area (Å²) in [4.78, 5) is 4.54. The molecule has 3 aromatic rings. The molecule has 0 aliphatic rings. The first-order valence-corrected chi connectivity index (χ1v) is 7.23. The molecule has 1 aromatic carbocycles. The number of thiophene rings is 1. The average Bonchev–Trinajstić information content (AvgIpc) is 2.89. The van der Waals surface area contributed by atoms with Gasteiger partial charge in [-0.05, 0) is 48.2 Å². The minimum absolute atomic E-state index is 0.195. The predicted molar refractivity (Wildman–Crippen MR) is 81.7 cm³/mol. The third-order valence-electron chi connectivity index (χ3n) is 3.45. The molecular formula is C16H16N2S. The number of aromatic nitrogens is 1. The number of aryl methyl sites for hydroxylation is 1. The van der Waals surface area contributed by atoms with Crippen LogP contribution < -0.4 is 5.32 Å². The summed E-state index contributed by atoms with van der Waals surface area (Å²) >= 11 is 1.74. The zero-order chi connectivity index (χ0) is 13.2. The van der Waals surface area contributed by atoms with Crippen molar-refractivity contribution in [3.05, 3.63) is 64.7 Å². The van der Waals surface area contributed by atoms with Crippen LogP contribution in [-0.4, -0.2) is 12.0 Å². The molecule has 2 nitrogen and oxygen atoms in total. The Kier molecular flexibility index (Phi) is 3.32. The van der Waals surface area contributed by atoms with Crippen molar-refractivity contribution in [2.24, 2.45) is 0 Å². The van der Waals surface area contributed by atoms with Crippen molar-refractivity contribution in [1.82, 2.24) is 10.3 Å². The molecule has 3 rings (SSSR count). The van der Waals surface area contributed by atoms with Crippen molar-refractivity contribution in [2.75, 3.05) is 7.05 Å². The molecule has 2 heterocycles. The highest BCUT2D eigenvalue weighted by molar-refractivity contribution is 7.17. The van der Waals surface area contributed by atoms with Gasteiger partial charge in [0.15, 0.2) is 0 Å². The molecule has 0 spiro atoms. The highest BCUT2D eigenvalue weighted by Gasteiger charge is 2.14. The van der Waals surface area contributed by atoms with Crippen LogP contribution in [0.1, 0.15) is 22.7 Å². The molecular weight excluding hydrogens is 252 g/mol. The Bertz CT molecular complexity index is 703. The number of fused-ring (bicyclic) bond motifs is 1. The van der Waals surface area contributed by atoms with Gasteiger partial charge in [-0.1, -0.05) is 24.3 Å². The molecule has 0 amide bonds. The third-order valence-corrected chi connectivity index (χ3v) is 4.30. The zero-order valence-electron chi connectivity index (χ0n) is 11.1. The van der Waals surface area contributed by atoms with Crippen LogP contribution in [0.25, 0.3) is 10.2 Å². The van der Waals surface area contributed by atoms with Gasteiger partial charge in [-0.15, -0.1) is 11.3 Å². The van der Waals surface area contributed by atoms with E-state index in [4.69, 9.17) is 0 Å². The lowest BCUT2D eigenvalue weighted by Gasteiger charge is -2.19. The van der Waals surface area contributed by atoms with Crippen LogP contribution >= 0.6 is 11.3 Å². The van der Waals surface area contributed by atoms with E-state index in [1.165, 1.54) is 21.4 Å². The number of nitrogens with one attached hydrogen (secondary N) is 1. The summed E-state index contributed by atoms with van der Waals surface area (Å²) in [6.07, 6.45) is 1.97. The van der Waals surface area contributed by atoms with Gasteiger partial charge in [0.1, 0.15) is 0 Å². The predicted octanol–water partition coefficient (Wildman–Crippen LogP) is 3.91. The van der Waals surface area contributed by atoms with Crippen molar-refractivity contribution in [3.8, 4) is 0 Å². The molecule has 1 unspecified atom stereocenters. The zero-order valence-corrected chi connectivity index (χ0v) is 11.9. The third kappa shape index (κ3) is 2.27. The second-order valence-corrected chi connectivity index (χ2v) is 5.60. The van der Waals surface area contributed by atoms with Crippen LogP contribution in [0.4, 0.5) is 0 Å². The average molecular weight is 268 g/mol. The van der Waals surface area contributed by atoms with E-state index in [1.54, 1.807) is 11.3 Å². The minimum atomic E-state index is 0.195. The molecule has 0 radical (unpaired) electrons. The van der Waals surface area contributed by atoms with E-state index in [2.05, 4.69) is 59.0 Å². The summed E-state index contributed by atoms with van der Waals surface area (Å²) in [7, 11) is 2.00. The van der Waals surface area contributed by atoms with Gasteiger partial charge in [-0.3, -0.25) is 4.98 Å². The van der Waals surface area contributed by atoms with Gasteiger partial charge in [-0.2, -0.15) is 0 Å². The Balaban J connectivity index is 2.09. The fourth-order valence-corrected chi connectivity index (χ4v) is 3.22. The van der Waals surface area contributed by atoms with E-state index in [-0.39, 0.29) is 6.04 Å². The number of benzene rings is 1. The topological polar surface area (TPSA) is 24.9 Å². The Morgan fingerprint density at radius 3 is 2.84 bits per heavy atom. The molecule has 1 N–H and O–H groups in total. The summed E-state index contributed by atoms with van der Waals surface area (Å²) in [6, 6.07) is 13.0. The lowest BCUT2D eigenvalue weighted by molar-refractivity contribution is 0.686. The largest absolute Gasteiger partial charge is 0.309 e. The first kappa shape index (κ1) is 12.3. The van der Waals surface area contributed by atoms with Crippen LogP contribution in [-0.2, 0) is 0 Å². The maximum absolute atomic E-state index is 4.54. The maximum atomic E-state index is 4.54. The maximum Gasteiger partial charge on any atom is 0.0809 e. The molecule has 0 fully saturated rings. The van der Waals surface area contributed by atoms with E-state index in [1.807, 2.05) is 13.2 Å². The SMILES string of the molecule is CNC(c1cnc2ccsc2c1)c1ccccc1C. The summed E-state index contributed by atoms with van der Waals surface area (Å²) in [5, 5.41) is 5.48. The van der Waals surface area contributed by atoms with Crippen LogP contribution in [0.3, 0.4) is 0 Å². The van der Waals surface area contributed by atoms with E-state index in [0.717, 1.165) is 5.52 Å². The fraction of sp³-hybridized carbons (Fsp3) is 0.188. The second kappa shape index (κ2) is 5.11. The highest BCUT2D eigenvalue weighted by Crippen LogP contribution is 2.27. The van der Waals surface area contributed by atoms with Gasteiger partial charge in [0.25, 0.3) is 0 Å². The summed E-state index contributed by atoms with van der Waals surface area (Å²) < 4.78 is 1.24. The van der Waals surface area contributed by atoms with Crippen molar-refractivity contribution < 1.29 is 0 Å². The minimum Gasteiger partial charge on any atom is -0.309 e. The van der Waals surface area contributed by atoms with Gasteiger partial charge < -0.3 is 5.32 Å². The van der Waals surface area contributed by atoms with E-state index < -0.39 is 0 Å².